The fourth-order valence-corrected chi connectivity index (χ4v) is 3.72. The third kappa shape index (κ3) is 6.03. The van der Waals surface area contributed by atoms with E-state index < -0.39 is 11.9 Å². The van der Waals surface area contributed by atoms with Crippen molar-refractivity contribution in [1.82, 2.24) is 15.2 Å². The Morgan fingerprint density at radius 1 is 1.07 bits per heavy atom. The van der Waals surface area contributed by atoms with E-state index in [0.29, 0.717) is 38.8 Å². The van der Waals surface area contributed by atoms with Crippen molar-refractivity contribution in [2.45, 2.75) is 22.0 Å². The summed E-state index contributed by atoms with van der Waals surface area (Å²) in [5.41, 5.74) is 1.77. The molecular weight excluding hydrogens is 409 g/mol. The number of benzene rings is 2. The third-order valence-corrected chi connectivity index (χ3v) is 5.60. The average Bonchev–Trinajstić information content (AvgIpc) is 3.19. The van der Waals surface area contributed by atoms with E-state index in [-0.39, 0.29) is 5.91 Å². The Labute approximate surface area is 167 Å². The maximum absolute atomic E-state index is 12.5. The summed E-state index contributed by atoms with van der Waals surface area (Å²) in [4.78, 5) is 16.8. The quantitative estimate of drug-likeness (QED) is 0.522. The fraction of sp³-hybridized carbons (Fsp3) is 0.167. The summed E-state index contributed by atoms with van der Waals surface area (Å²) in [7, 11) is 0. The van der Waals surface area contributed by atoms with Crippen molar-refractivity contribution >= 4 is 35.1 Å². The van der Waals surface area contributed by atoms with Crippen LogP contribution in [0.5, 0.6) is 0 Å². The van der Waals surface area contributed by atoms with E-state index in [2.05, 4.69) is 20.5 Å². The molecule has 2 aromatic carbocycles. The second-order valence-corrected chi connectivity index (χ2v) is 7.61. The van der Waals surface area contributed by atoms with Gasteiger partial charge in [0.25, 0.3) is 5.91 Å². The van der Waals surface area contributed by atoms with Crippen LogP contribution in [-0.4, -0.2) is 33.0 Å². The minimum Gasteiger partial charge on any atom is -0.321 e. The van der Waals surface area contributed by atoms with Gasteiger partial charge < -0.3 is 5.32 Å². The summed E-state index contributed by atoms with van der Waals surface area (Å²) in [6.45, 7) is 0. The zero-order valence-corrected chi connectivity index (χ0v) is 16.0. The lowest BCUT2D eigenvalue weighted by Crippen LogP contribution is -2.14. The molecule has 0 spiro atoms. The van der Waals surface area contributed by atoms with Crippen LogP contribution in [0.3, 0.4) is 0 Å². The second-order valence-electron chi connectivity index (χ2n) is 5.63. The van der Waals surface area contributed by atoms with Crippen LogP contribution in [-0.2, 0) is 5.75 Å². The zero-order valence-electron chi connectivity index (χ0n) is 14.4. The summed E-state index contributed by atoms with van der Waals surface area (Å²) >= 11 is 2.12. The Bertz CT molecular complexity index is 915. The van der Waals surface area contributed by atoms with Gasteiger partial charge in [-0.2, -0.15) is 18.3 Å². The lowest BCUT2D eigenvalue weighted by atomic mass is 10.1. The molecule has 1 aromatic heterocycles. The predicted molar refractivity (Wildman–Crippen MR) is 104 cm³/mol. The van der Waals surface area contributed by atoms with Gasteiger partial charge in [-0.1, -0.05) is 36.0 Å². The highest BCUT2D eigenvalue weighted by Gasteiger charge is 2.27. The maximum Gasteiger partial charge on any atom is 0.398 e. The number of H-pyrrole nitrogens is 1. The number of hydrogen-bond acceptors (Lipinski definition) is 5. The number of hydrogen-bond donors (Lipinski definition) is 2. The molecule has 0 saturated carbocycles. The van der Waals surface area contributed by atoms with Crippen molar-refractivity contribution in [3.8, 4) is 0 Å². The van der Waals surface area contributed by atoms with E-state index in [4.69, 9.17) is 0 Å². The Hall–Kier alpha value is -2.46. The van der Waals surface area contributed by atoms with Crippen LogP contribution in [0.4, 0.5) is 18.9 Å². The first-order chi connectivity index (χ1) is 13.4. The molecule has 0 aliphatic heterocycles. The van der Waals surface area contributed by atoms with Crippen LogP contribution >= 0.6 is 23.5 Å². The minimum absolute atomic E-state index is 0.353. The van der Waals surface area contributed by atoms with Gasteiger partial charge >= 0.3 is 6.18 Å². The number of nitrogens with zero attached hydrogens (tertiary/aromatic N) is 2. The molecule has 146 valence electrons. The molecule has 0 atom stereocenters. The summed E-state index contributed by atoms with van der Waals surface area (Å²) in [6.07, 6.45) is -2.85. The lowest BCUT2D eigenvalue weighted by Gasteiger charge is -2.12. The van der Waals surface area contributed by atoms with Crippen LogP contribution in [0.15, 0.2) is 64.9 Å². The molecule has 5 nitrogen and oxygen atoms in total. The molecule has 10 heteroatoms. The molecule has 0 bridgehead atoms. The fourth-order valence-electron chi connectivity index (χ4n) is 2.22. The van der Waals surface area contributed by atoms with Crippen LogP contribution in [0.25, 0.3) is 0 Å². The van der Waals surface area contributed by atoms with Crippen molar-refractivity contribution in [2.75, 3.05) is 11.1 Å². The van der Waals surface area contributed by atoms with E-state index in [0.717, 1.165) is 5.56 Å². The number of rotatable bonds is 7. The number of anilines is 1. The molecule has 2 N–H and O–H groups in total. The molecule has 3 rings (SSSR count). The van der Waals surface area contributed by atoms with E-state index >= 15 is 0 Å². The molecule has 0 saturated heterocycles. The number of alkyl halides is 3. The number of carbonyl (C=O) groups is 1. The Morgan fingerprint density at radius 3 is 2.50 bits per heavy atom. The van der Waals surface area contributed by atoms with E-state index in [1.165, 1.54) is 18.1 Å². The van der Waals surface area contributed by atoms with E-state index in [1.807, 2.05) is 12.1 Å². The number of para-hydroxylation sites is 1. The summed E-state index contributed by atoms with van der Waals surface area (Å²) < 4.78 is 37.4. The van der Waals surface area contributed by atoms with Gasteiger partial charge in [0.2, 0.25) is 0 Å². The van der Waals surface area contributed by atoms with Gasteiger partial charge in [-0.15, -0.1) is 11.8 Å². The second kappa shape index (κ2) is 9.16. The van der Waals surface area contributed by atoms with Gasteiger partial charge in [0.15, 0.2) is 5.16 Å². The number of aromatic amines is 1. The van der Waals surface area contributed by atoms with Crippen LogP contribution < -0.4 is 5.32 Å². The van der Waals surface area contributed by atoms with Gasteiger partial charge in [0.1, 0.15) is 6.33 Å². The van der Waals surface area contributed by atoms with Gasteiger partial charge in [0, 0.05) is 16.2 Å². The Balaban J connectivity index is 1.61. The van der Waals surface area contributed by atoms with E-state index in [9.17, 15) is 18.0 Å². The first-order valence-corrected chi connectivity index (χ1v) is 10.0. The topological polar surface area (TPSA) is 70.7 Å². The van der Waals surface area contributed by atoms with Crippen molar-refractivity contribution in [3.05, 3.63) is 66.0 Å². The highest BCUT2D eigenvalue weighted by molar-refractivity contribution is 7.99. The third-order valence-electron chi connectivity index (χ3n) is 3.51. The normalized spacial score (nSPS) is 11.4. The highest BCUT2D eigenvalue weighted by Crippen LogP contribution is 2.32. The van der Waals surface area contributed by atoms with Crippen LogP contribution in [0.1, 0.15) is 15.9 Å². The molecule has 28 heavy (non-hydrogen) atoms. The van der Waals surface area contributed by atoms with E-state index in [1.54, 1.807) is 36.4 Å². The van der Waals surface area contributed by atoms with Crippen LogP contribution in [0.2, 0.25) is 0 Å². The minimum atomic E-state index is -4.28. The van der Waals surface area contributed by atoms with Gasteiger partial charge in [-0.05, 0) is 29.8 Å². The molecule has 0 unspecified atom stereocenters. The summed E-state index contributed by atoms with van der Waals surface area (Å²) in [5.74, 6) is -0.736. The molecule has 1 amide bonds. The van der Waals surface area contributed by atoms with Crippen molar-refractivity contribution in [3.63, 3.8) is 0 Å². The molecule has 3 aromatic rings. The maximum atomic E-state index is 12.5. The molecule has 0 aliphatic carbocycles. The highest BCUT2D eigenvalue weighted by atomic mass is 32.2. The monoisotopic (exact) mass is 424 g/mol. The Kier molecular flexibility index (Phi) is 6.63. The van der Waals surface area contributed by atoms with Crippen LogP contribution in [0, 0.1) is 0 Å². The number of aromatic nitrogens is 3. The average molecular weight is 424 g/mol. The SMILES string of the molecule is O=C(Nc1ccccc1SCC(F)(F)F)c1ccc(CSc2ncn[nH]2)cc1. The van der Waals surface area contributed by atoms with Gasteiger partial charge in [0.05, 0.1) is 11.4 Å². The first kappa shape index (κ1) is 20.3. The molecule has 0 aliphatic rings. The number of halogens is 3. The van der Waals surface area contributed by atoms with Crippen molar-refractivity contribution in [2.24, 2.45) is 0 Å². The molecule has 1 heterocycles. The van der Waals surface area contributed by atoms with Crippen molar-refractivity contribution in [1.29, 1.82) is 0 Å². The predicted octanol–water partition coefficient (Wildman–Crippen LogP) is 5.00. The number of nitrogens with one attached hydrogen (secondary N) is 2. The largest absolute Gasteiger partial charge is 0.398 e. The van der Waals surface area contributed by atoms with Crippen molar-refractivity contribution < 1.29 is 18.0 Å². The first-order valence-electron chi connectivity index (χ1n) is 8.08. The molecule has 0 radical (unpaired) electrons. The number of amides is 1. The molecular formula is C18H15F3N4OS2. The molecule has 0 fully saturated rings. The summed E-state index contributed by atoms with van der Waals surface area (Å²) in [5, 5.41) is 9.91. The number of carbonyl (C=O) groups excluding carboxylic acids is 1. The number of thioether (sulfide) groups is 2. The standard InChI is InChI=1S/C18H15F3N4OS2/c19-18(20,21)10-28-15-4-2-1-3-14(15)24-16(26)13-7-5-12(6-8-13)9-27-17-22-11-23-25-17/h1-8,11H,9-10H2,(H,24,26)(H,22,23,25). The zero-order chi connectivity index (χ0) is 20.0. The Morgan fingerprint density at radius 2 is 1.82 bits per heavy atom. The smallest absolute Gasteiger partial charge is 0.321 e. The van der Waals surface area contributed by atoms with Gasteiger partial charge in [-0.25, -0.2) is 4.98 Å². The summed E-state index contributed by atoms with van der Waals surface area (Å²) in [6, 6.07) is 13.4. The van der Waals surface area contributed by atoms with Gasteiger partial charge in [-0.3, -0.25) is 9.89 Å². The lowest BCUT2D eigenvalue weighted by molar-refractivity contribution is -0.105.